The van der Waals surface area contributed by atoms with Gasteiger partial charge in [0, 0.05) is 18.9 Å². The molecule has 1 aliphatic rings. The van der Waals surface area contributed by atoms with Crippen LogP contribution in [-0.2, 0) is 15.6 Å². The summed E-state index contributed by atoms with van der Waals surface area (Å²) in [5.74, 6) is 0.254. The Hall–Kier alpha value is -3.27. The van der Waals surface area contributed by atoms with E-state index in [2.05, 4.69) is 32.6 Å². The minimum absolute atomic E-state index is 0.0531. The molecule has 0 aliphatic heterocycles. The van der Waals surface area contributed by atoms with Gasteiger partial charge in [0.25, 0.3) is 0 Å². The summed E-state index contributed by atoms with van der Waals surface area (Å²) >= 11 is 0. The molecule has 1 N–H and O–H groups in total. The summed E-state index contributed by atoms with van der Waals surface area (Å²) in [4.78, 5) is 20.8. The SMILES string of the molecule is COc1cc(C)c(S(=O)(=O)Cc2noc(C(=O)NCC3CCC(c4ccncc4)CC3)n2)c(C)c1. The summed E-state index contributed by atoms with van der Waals surface area (Å²) in [7, 11) is -2.22. The number of nitrogens with one attached hydrogen (secondary N) is 1. The van der Waals surface area contributed by atoms with E-state index in [1.54, 1.807) is 26.0 Å². The molecule has 1 aliphatic carbocycles. The lowest BCUT2D eigenvalue weighted by Gasteiger charge is -2.28. The Bertz CT molecular complexity index is 1260. The maximum Gasteiger partial charge on any atom is 0.315 e. The van der Waals surface area contributed by atoms with E-state index < -0.39 is 21.5 Å². The summed E-state index contributed by atoms with van der Waals surface area (Å²) < 4.78 is 36.3. The van der Waals surface area contributed by atoms with Crippen molar-refractivity contribution >= 4 is 15.7 Å². The number of ether oxygens (including phenoxy) is 1. The quantitative estimate of drug-likeness (QED) is 0.498. The van der Waals surface area contributed by atoms with Crippen LogP contribution in [0.4, 0.5) is 0 Å². The number of nitrogens with zero attached hydrogens (tertiary/aromatic N) is 3. The van der Waals surface area contributed by atoms with E-state index in [-0.39, 0.29) is 16.6 Å². The van der Waals surface area contributed by atoms with Gasteiger partial charge in [-0.05, 0) is 92.3 Å². The minimum atomic E-state index is -3.75. The van der Waals surface area contributed by atoms with Gasteiger partial charge in [-0.1, -0.05) is 5.16 Å². The third-order valence-corrected chi connectivity index (χ3v) is 8.44. The predicted molar refractivity (Wildman–Crippen MR) is 129 cm³/mol. The molecule has 9 nitrogen and oxygen atoms in total. The van der Waals surface area contributed by atoms with E-state index in [4.69, 9.17) is 9.26 Å². The summed E-state index contributed by atoms with van der Waals surface area (Å²) in [5, 5.41) is 6.58. The largest absolute Gasteiger partial charge is 0.497 e. The normalized spacial score (nSPS) is 18.3. The van der Waals surface area contributed by atoms with E-state index in [1.165, 1.54) is 12.7 Å². The highest BCUT2D eigenvalue weighted by molar-refractivity contribution is 7.90. The number of sulfone groups is 1. The Morgan fingerprint density at radius 3 is 2.40 bits per heavy atom. The second-order valence-electron chi connectivity index (χ2n) is 9.07. The number of hydrogen-bond donors (Lipinski definition) is 1. The van der Waals surface area contributed by atoms with Crippen molar-refractivity contribution in [1.29, 1.82) is 0 Å². The van der Waals surface area contributed by atoms with E-state index in [0.29, 0.717) is 35.3 Å². The highest BCUT2D eigenvalue weighted by Crippen LogP contribution is 2.35. The van der Waals surface area contributed by atoms with Crippen LogP contribution in [0.5, 0.6) is 5.75 Å². The van der Waals surface area contributed by atoms with Crippen LogP contribution in [0.15, 0.2) is 46.1 Å². The van der Waals surface area contributed by atoms with Gasteiger partial charge in [-0.3, -0.25) is 9.78 Å². The van der Waals surface area contributed by atoms with Crippen molar-refractivity contribution in [3.63, 3.8) is 0 Å². The standard InChI is InChI=1S/C25H30N4O5S/c1-16-12-21(33-3)13-17(2)23(16)35(31,32)15-22-28-25(34-29-22)24(30)27-14-18-4-6-19(7-5-18)20-8-10-26-11-9-20/h8-13,18-19H,4-7,14-15H2,1-3H3,(H,27,30). The average molecular weight is 499 g/mol. The third-order valence-electron chi connectivity index (χ3n) is 6.54. The Balaban J connectivity index is 1.32. The fourth-order valence-electron chi connectivity index (χ4n) is 4.81. The Labute approximate surface area is 205 Å². The zero-order valence-corrected chi connectivity index (χ0v) is 21.0. The Kier molecular flexibility index (Phi) is 7.49. The van der Waals surface area contributed by atoms with Gasteiger partial charge in [0.05, 0.1) is 12.0 Å². The molecular weight excluding hydrogens is 468 g/mol. The zero-order chi connectivity index (χ0) is 25.0. The third kappa shape index (κ3) is 5.87. The van der Waals surface area contributed by atoms with Crippen molar-refractivity contribution in [2.24, 2.45) is 5.92 Å². The molecule has 0 saturated heterocycles. The lowest BCUT2D eigenvalue weighted by Crippen LogP contribution is -2.31. The molecule has 2 aromatic heterocycles. The second kappa shape index (κ2) is 10.6. The highest BCUT2D eigenvalue weighted by Gasteiger charge is 2.26. The molecular formula is C25H30N4O5S. The Morgan fingerprint density at radius 1 is 1.11 bits per heavy atom. The zero-order valence-electron chi connectivity index (χ0n) is 20.2. The smallest absolute Gasteiger partial charge is 0.315 e. The number of hydrogen-bond acceptors (Lipinski definition) is 8. The minimum Gasteiger partial charge on any atom is -0.497 e. The predicted octanol–water partition coefficient (Wildman–Crippen LogP) is 3.77. The summed E-state index contributed by atoms with van der Waals surface area (Å²) in [6.45, 7) is 3.94. The van der Waals surface area contributed by atoms with Gasteiger partial charge in [-0.25, -0.2) is 8.42 Å². The van der Waals surface area contributed by atoms with Crippen molar-refractivity contribution in [2.75, 3.05) is 13.7 Å². The van der Waals surface area contributed by atoms with Gasteiger partial charge in [-0.2, -0.15) is 4.98 Å². The highest BCUT2D eigenvalue weighted by atomic mass is 32.2. The van der Waals surface area contributed by atoms with Crippen LogP contribution in [0.2, 0.25) is 0 Å². The number of rotatable bonds is 8. The first kappa shape index (κ1) is 24.8. The van der Waals surface area contributed by atoms with Crippen LogP contribution in [0.1, 0.15) is 64.8 Å². The van der Waals surface area contributed by atoms with Gasteiger partial charge in [0.2, 0.25) is 0 Å². The first-order chi connectivity index (χ1) is 16.8. The molecule has 35 heavy (non-hydrogen) atoms. The fraction of sp³-hybridized carbons (Fsp3) is 0.440. The molecule has 10 heteroatoms. The number of aromatic nitrogens is 3. The van der Waals surface area contributed by atoms with E-state index in [9.17, 15) is 13.2 Å². The number of amides is 1. The lowest BCUT2D eigenvalue weighted by molar-refractivity contribution is 0.0899. The molecule has 4 rings (SSSR count). The van der Waals surface area contributed by atoms with Gasteiger partial charge < -0.3 is 14.6 Å². The lowest BCUT2D eigenvalue weighted by atomic mass is 9.79. The molecule has 1 fully saturated rings. The van der Waals surface area contributed by atoms with Gasteiger partial charge >= 0.3 is 11.8 Å². The number of pyridine rings is 1. The Morgan fingerprint density at radius 2 is 1.77 bits per heavy atom. The monoisotopic (exact) mass is 498 g/mol. The summed E-state index contributed by atoms with van der Waals surface area (Å²) in [6, 6.07) is 7.47. The number of carbonyl (C=O) groups excluding carboxylic acids is 1. The molecule has 1 aromatic carbocycles. The number of benzene rings is 1. The molecule has 0 atom stereocenters. The number of methoxy groups -OCH3 is 1. The molecule has 0 radical (unpaired) electrons. The van der Waals surface area contributed by atoms with Crippen molar-refractivity contribution in [3.8, 4) is 5.75 Å². The molecule has 0 unspecified atom stereocenters. The van der Waals surface area contributed by atoms with Crippen LogP contribution >= 0.6 is 0 Å². The number of aryl methyl sites for hydroxylation is 2. The van der Waals surface area contributed by atoms with Crippen molar-refractivity contribution in [3.05, 3.63) is 65.1 Å². The van der Waals surface area contributed by atoms with E-state index >= 15 is 0 Å². The van der Waals surface area contributed by atoms with Crippen LogP contribution < -0.4 is 10.1 Å². The van der Waals surface area contributed by atoms with Gasteiger partial charge in [-0.15, -0.1) is 0 Å². The maximum atomic E-state index is 13.0. The number of carbonyl (C=O) groups is 1. The molecule has 1 amide bonds. The van der Waals surface area contributed by atoms with Crippen molar-refractivity contribution < 1.29 is 22.5 Å². The van der Waals surface area contributed by atoms with E-state index in [1.807, 2.05) is 12.4 Å². The van der Waals surface area contributed by atoms with Gasteiger partial charge in [0.15, 0.2) is 15.7 Å². The van der Waals surface area contributed by atoms with Crippen molar-refractivity contribution in [1.82, 2.24) is 20.4 Å². The molecule has 1 saturated carbocycles. The molecule has 2 heterocycles. The molecule has 0 spiro atoms. The summed E-state index contributed by atoms with van der Waals surface area (Å²) in [5.41, 5.74) is 2.46. The topological polar surface area (TPSA) is 124 Å². The summed E-state index contributed by atoms with van der Waals surface area (Å²) in [6.07, 6.45) is 7.81. The van der Waals surface area contributed by atoms with Crippen LogP contribution in [-0.4, -0.2) is 43.1 Å². The van der Waals surface area contributed by atoms with Crippen LogP contribution in [0, 0.1) is 19.8 Å². The first-order valence-corrected chi connectivity index (χ1v) is 13.3. The van der Waals surface area contributed by atoms with Crippen molar-refractivity contribution in [2.45, 2.75) is 56.1 Å². The first-order valence-electron chi connectivity index (χ1n) is 11.7. The average Bonchev–Trinajstić information content (AvgIpc) is 3.30. The van der Waals surface area contributed by atoms with E-state index in [0.717, 1.165) is 25.7 Å². The molecule has 186 valence electrons. The molecule has 3 aromatic rings. The maximum absolute atomic E-state index is 13.0. The van der Waals surface area contributed by atoms with Gasteiger partial charge in [0.1, 0.15) is 11.5 Å². The van der Waals surface area contributed by atoms with Crippen LogP contribution in [0.3, 0.4) is 0 Å². The molecule has 0 bridgehead atoms. The fourth-order valence-corrected chi connectivity index (χ4v) is 6.51. The van der Waals surface area contributed by atoms with Crippen LogP contribution in [0.25, 0.3) is 0 Å². The second-order valence-corrected chi connectivity index (χ2v) is 11.0.